The highest BCUT2D eigenvalue weighted by atomic mass is 32.2. The Morgan fingerprint density at radius 3 is 2.70 bits per heavy atom. The molecule has 0 aromatic heterocycles. The van der Waals surface area contributed by atoms with Gasteiger partial charge in [0.05, 0.1) is 18.6 Å². The van der Waals surface area contributed by atoms with E-state index in [1.54, 1.807) is 18.7 Å². The zero-order chi connectivity index (χ0) is 15.1. The van der Waals surface area contributed by atoms with Crippen molar-refractivity contribution in [2.75, 3.05) is 26.5 Å². The Kier molecular flexibility index (Phi) is 7.15. The maximum atomic E-state index is 12.6. The zero-order valence-electron chi connectivity index (χ0n) is 12.5. The van der Waals surface area contributed by atoms with Crippen LogP contribution in [0.25, 0.3) is 0 Å². The Morgan fingerprint density at radius 1 is 1.45 bits per heavy atom. The van der Waals surface area contributed by atoms with Crippen molar-refractivity contribution in [3.63, 3.8) is 0 Å². The van der Waals surface area contributed by atoms with Gasteiger partial charge >= 0.3 is 6.09 Å². The van der Waals surface area contributed by atoms with Crippen LogP contribution in [0.5, 0.6) is 0 Å². The summed E-state index contributed by atoms with van der Waals surface area (Å²) in [5.41, 5.74) is 0. The van der Waals surface area contributed by atoms with Gasteiger partial charge in [-0.3, -0.25) is 4.79 Å². The van der Waals surface area contributed by atoms with Crippen molar-refractivity contribution >= 4 is 23.8 Å². The third-order valence-corrected chi connectivity index (χ3v) is 4.61. The standard InChI is InChI=1S/C13H24N2O4S/c1-5-20-10-7-6-8-15(10)12(16)11(9(2)18-3)14-13(17)19-4/h9-11H,5-8H2,1-4H3,(H,14,17)/t9-,10-,11+/m1/s1. The van der Waals surface area contributed by atoms with Crippen LogP contribution in [0.4, 0.5) is 4.79 Å². The molecule has 0 radical (unpaired) electrons. The van der Waals surface area contributed by atoms with E-state index in [1.165, 1.54) is 14.2 Å². The highest BCUT2D eigenvalue weighted by Crippen LogP contribution is 2.28. The molecule has 1 saturated heterocycles. The Balaban J connectivity index is 2.78. The van der Waals surface area contributed by atoms with Crippen LogP contribution in [-0.2, 0) is 14.3 Å². The van der Waals surface area contributed by atoms with Crippen LogP contribution in [0.2, 0.25) is 0 Å². The van der Waals surface area contributed by atoms with E-state index in [2.05, 4.69) is 17.0 Å². The average molecular weight is 304 g/mol. The van der Waals surface area contributed by atoms with Crippen molar-refractivity contribution in [1.82, 2.24) is 10.2 Å². The van der Waals surface area contributed by atoms with Gasteiger partial charge in [0.1, 0.15) is 6.04 Å². The monoisotopic (exact) mass is 304 g/mol. The lowest BCUT2D eigenvalue weighted by molar-refractivity contribution is -0.136. The second-order valence-corrected chi connectivity index (χ2v) is 6.09. The molecule has 0 aliphatic carbocycles. The van der Waals surface area contributed by atoms with Crippen molar-refractivity contribution in [3.8, 4) is 0 Å². The van der Waals surface area contributed by atoms with Gasteiger partial charge in [-0.15, -0.1) is 11.8 Å². The van der Waals surface area contributed by atoms with E-state index in [9.17, 15) is 9.59 Å². The van der Waals surface area contributed by atoms with Crippen molar-refractivity contribution in [3.05, 3.63) is 0 Å². The molecular weight excluding hydrogens is 280 g/mol. The molecule has 1 aliphatic rings. The summed E-state index contributed by atoms with van der Waals surface area (Å²) in [7, 11) is 2.80. The number of nitrogens with zero attached hydrogens (tertiary/aromatic N) is 1. The van der Waals surface area contributed by atoms with Crippen LogP contribution in [0.1, 0.15) is 26.7 Å². The normalized spacial score (nSPS) is 21.4. The Bertz CT molecular complexity index is 340. The fourth-order valence-corrected chi connectivity index (χ4v) is 3.34. The number of thioether (sulfide) groups is 1. The minimum atomic E-state index is -0.717. The summed E-state index contributed by atoms with van der Waals surface area (Å²) in [6.07, 6.45) is 0.965. The molecule has 0 spiro atoms. The van der Waals surface area contributed by atoms with Gasteiger partial charge in [0.15, 0.2) is 0 Å². The summed E-state index contributed by atoms with van der Waals surface area (Å²) in [6, 6.07) is -0.717. The molecule has 2 amide bonds. The summed E-state index contributed by atoms with van der Waals surface area (Å²) in [5, 5.41) is 2.76. The molecule has 1 heterocycles. The summed E-state index contributed by atoms with van der Waals surface area (Å²) in [6.45, 7) is 4.57. The molecule has 20 heavy (non-hydrogen) atoms. The number of methoxy groups -OCH3 is 2. The molecule has 6 nitrogen and oxygen atoms in total. The Hall–Kier alpha value is -0.950. The first-order chi connectivity index (χ1) is 9.54. The number of ether oxygens (including phenoxy) is 2. The highest BCUT2D eigenvalue weighted by molar-refractivity contribution is 7.99. The summed E-state index contributed by atoms with van der Waals surface area (Å²) in [4.78, 5) is 25.9. The summed E-state index contributed by atoms with van der Waals surface area (Å²) < 4.78 is 9.79. The van der Waals surface area contributed by atoms with E-state index in [1.807, 2.05) is 4.90 Å². The van der Waals surface area contributed by atoms with Gasteiger partial charge in [0.25, 0.3) is 0 Å². The minimum absolute atomic E-state index is 0.104. The quantitative estimate of drug-likeness (QED) is 0.804. The number of hydrogen-bond acceptors (Lipinski definition) is 5. The number of carbonyl (C=O) groups is 2. The van der Waals surface area contributed by atoms with Crippen LogP contribution in [0.3, 0.4) is 0 Å². The van der Waals surface area contributed by atoms with Crippen LogP contribution in [0.15, 0.2) is 0 Å². The van der Waals surface area contributed by atoms with Crippen LogP contribution >= 0.6 is 11.8 Å². The van der Waals surface area contributed by atoms with Crippen LogP contribution in [0, 0.1) is 0 Å². The highest BCUT2D eigenvalue weighted by Gasteiger charge is 2.36. The smallest absolute Gasteiger partial charge is 0.407 e. The van der Waals surface area contributed by atoms with Crippen LogP contribution in [-0.4, -0.2) is 60.9 Å². The molecule has 7 heteroatoms. The Labute approximate surface area is 124 Å². The molecule has 1 N–H and O–H groups in total. The molecule has 1 aliphatic heterocycles. The Morgan fingerprint density at radius 2 is 2.15 bits per heavy atom. The fraction of sp³-hybridized carbons (Fsp3) is 0.846. The number of nitrogens with one attached hydrogen (secondary N) is 1. The SMILES string of the molecule is CCS[C@@H]1CCCN1C(=O)[C@@H](NC(=O)OC)[C@@H](C)OC. The number of amides is 2. The van der Waals surface area contributed by atoms with Crippen molar-refractivity contribution in [2.45, 2.75) is 44.2 Å². The lowest BCUT2D eigenvalue weighted by atomic mass is 10.1. The fourth-order valence-electron chi connectivity index (χ4n) is 2.23. The molecule has 0 aromatic rings. The van der Waals surface area contributed by atoms with Crippen molar-refractivity contribution in [2.24, 2.45) is 0 Å². The molecule has 0 bridgehead atoms. The van der Waals surface area contributed by atoms with E-state index in [0.717, 1.165) is 25.1 Å². The lowest BCUT2D eigenvalue weighted by Crippen LogP contribution is -2.54. The van der Waals surface area contributed by atoms with Crippen molar-refractivity contribution in [1.29, 1.82) is 0 Å². The van der Waals surface area contributed by atoms with Gasteiger partial charge in [-0.25, -0.2) is 4.79 Å². The van der Waals surface area contributed by atoms with Gasteiger partial charge in [0.2, 0.25) is 5.91 Å². The second kappa shape index (κ2) is 8.36. The molecule has 116 valence electrons. The third-order valence-electron chi connectivity index (χ3n) is 3.41. The van der Waals surface area contributed by atoms with E-state index in [0.29, 0.717) is 0 Å². The molecule has 1 rings (SSSR count). The van der Waals surface area contributed by atoms with Gasteiger partial charge in [-0.05, 0) is 25.5 Å². The minimum Gasteiger partial charge on any atom is -0.453 e. The maximum Gasteiger partial charge on any atom is 0.407 e. The first-order valence-electron chi connectivity index (χ1n) is 6.84. The van der Waals surface area contributed by atoms with Gasteiger partial charge < -0.3 is 19.7 Å². The number of rotatable bonds is 6. The van der Waals surface area contributed by atoms with Crippen LogP contribution < -0.4 is 5.32 Å². The third kappa shape index (κ3) is 4.28. The van der Waals surface area contributed by atoms with E-state index >= 15 is 0 Å². The zero-order valence-corrected chi connectivity index (χ0v) is 13.4. The molecule has 0 saturated carbocycles. The predicted molar refractivity (Wildman–Crippen MR) is 78.7 cm³/mol. The molecule has 1 fully saturated rings. The lowest BCUT2D eigenvalue weighted by Gasteiger charge is -2.30. The van der Waals surface area contributed by atoms with Gasteiger partial charge in [-0.2, -0.15) is 0 Å². The molecule has 0 unspecified atom stereocenters. The first-order valence-corrected chi connectivity index (χ1v) is 7.89. The molecule has 3 atom stereocenters. The topological polar surface area (TPSA) is 67.9 Å². The summed E-state index contributed by atoms with van der Waals surface area (Å²) in [5.74, 6) is 0.858. The van der Waals surface area contributed by atoms with E-state index < -0.39 is 18.2 Å². The maximum absolute atomic E-state index is 12.6. The largest absolute Gasteiger partial charge is 0.453 e. The van der Waals surface area contributed by atoms with Gasteiger partial charge in [0, 0.05) is 13.7 Å². The van der Waals surface area contributed by atoms with Crippen molar-refractivity contribution < 1.29 is 19.1 Å². The number of alkyl carbamates (subject to hydrolysis) is 1. The molecule has 0 aromatic carbocycles. The number of carbonyl (C=O) groups excluding carboxylic acids is 2. The summed E-state index contributed by atoms with van der Waals surface area (Å²) >= 11 is 1.76. The van der Waals surface area contributed by atoms with E-state index in [4.69, 9.17) is 4.74 Å². The number of hydrogen-bond donors (Lipinski definition) is 1. The second-order valence-electron chi connectivity index (χ2n) is 4.64. The van der Waals surface area contributed by atoms with E-state index in [-0.39, 0.29) is 11.3 Å². The van der Waals surface area contributed by atoms with Gasteiger partial charge in [-0.1, -0.05) is 6.92 Å². The first kappa shape index (κ1) is 17.1. The average Bonchev–Trinajstić information content (AvgIpc) is 2.91. The predicted octanol–water partition coefficient (Wildman–Crippen LogP) is 1.45. The molecular formula is C13H24N2O4S. The number of likely N-dealkylation sites (tertiary alicyclic amines) is 1.